The number of anilines is 1. The van der Waals surface area contributed by atoms with Gasteiger partial charge in [0, 0.05) is 28.9 Å². The van der Waals surface area contributed by atoms with Crippen molar-refractivity contribution in [2.75, 3.05) is 18.8 Å². The molecular weight excluding hydrogens is 180 g/mol. The Morgan fingerprint density at radius 3 is 2.77 bits per heavy atom. The maximum atomic E-state index is 5.68. The first-order valence-electron chi connectivity index (χ1n) is 4.49. The number of benzene rings is 1. The molecule has 0 amide bonds. The van der Waals surface area contributed by atoms with Crippen LogP contribution in [-0.4, -0.2) is 18.3 Å². The van der Waals surface area contributed by atoms with Crippen LogP contribution in [0.25, 0.3) is 0 Å². The van der Waals surface area contributed by atoms with E-state index in [0.717, 1.165) is 24.0 Å². The van der Waals surface area contributed by atoms with Gasteiger partial charge >= 0.3 is 0 Å². The molecule has 13 heavy (non-hydrogen) atoms. The van der Waals surface area contributed by atoms with Crippen LogP contribution < -0.4 is 11.1 Å². The average molecular weight is 194 g/mol. The van der Waals surface area contributed by atoms with Gasteiger partial charge in [-0.3, -0.25) is 0 Å². The van der Waals surface area contributed by atoms with E-state index in [9.17, 15) is 0 Å². The first kappa shape index (κ1) is 8.91. The largest absolute Gasteiger partial charge is 0.399 e. The Hall–Kier alpha value is -0.670. The van der Waals surface area contributed by atoms with Crippen LogP contribution in [0.2, 0.25) is 0 Å². The van der Waals surface area contributed by atoms with Crippen molar-refractivity contribution in [1.82, 2.24) is 5.32 Å². The van der Waals surface area contributed by atoms with Crippen LogP contribution in [0.1, 0.15) is 5.56 Å². The van der Waals surface area contributed by atoms with E-state index in [4.69, 9.17) is 5.73 Å². The lowest BCUT2D eigenvalue weighted by Gasteiger charge is -2.26. The molecule has 1 heterocycles. The summed E-state index contributed by atoms with van der Waals surface area (Å²) in [6.45, 7) is 4.38. The van der Waals surface area contributed by atoms with Crippen LogP contribution in [0.5, 0.6) is 0 Å². The van der Waals surface area contributed by atoms with E-state index in [1.54, 1.807) is 0 Å². The van der Waals surface area contributed by atoms with Gasteiger partial charge in [0.15, 0.2) is 0 Å². The summed E-state index contributed by atoms with van der Waals surface area (Å²) in [5.41, 5.74) is 7.83. The van der Waals surface area contributed by atoms with Crippen molar-refractivity contribution in [1.29, 1.82) is 0 Å². The lowest BCUT2D eigenvalue weighted by molar-refractivity contribution is 0.543. The van der Waals surface area contributed by atoms with Crippen molar-refractivity contribution in [3.8, 4) is 0 Å². The lowest BCUT2D eigenvalue weighted by atomic mass is 10.2. The first-order chi connectivity index (χ1) is 6.25. The minimum absolute atomic E-state index is 0.752. The summed E-state index contributed by atoms with van der Waals surface area (Å²) < 4.78 is 0. The molecule has 1 saturated heterocycles. The molecule has 0 radical (unpaired) electrons. The van der Waals surface area contributed by atoms with E-state index in [1.165, 1.54) is 10.5 Å². The number of aryl methyl sites for hydroxylation is 1. The SMILES string of the molecule is Cc1cc(N)ccc1SC1CNC1. The Balaban J connectivity index is 2.10. The molecule has 1 aromatic rings. The van der Waals surface area contributed by atoms with E-state index in [0.29, 0.717) is 0 Å². The predicted molar refractivity (Wildman–Crippen MR) is 58.1 cm³/mol. The third-order valence-corrected chi connectivity index (χ3v) is 3.62. The van der Waals surface area contributed by atoms with Gasteiger partial charge in [-0.1, -0.05) is 0 Å². The zero-order valence-electron chi connectivity index (χ0n) is 7.71. The number of nitrogens with two attached hydrogens (primary N) is 1. The zero-order valence-corrected chi connectivity index (χ0v) is 8.53. The topological polar surface area (TPSA) is 38.0 Å². The van der Waals surface area contributed by atoms with Gasteiger partial charge < -0.3 is 11.1 Å². The highest BCUT2D eigenvalue weighted by Crippen LogP contribution is 2.29. The number of hydrogen-bond donors (Lipinski definition) is 2. The fourth-order valence-electron chi connectivity index (χ4n) is 1.33. The first-order valence-corrected chi connectivity index (χ1v) is 5.37. The lowest BCUT2D eigenvalue weighted by Crippen LogP contribution is -2.44. The van der Waals surface area contributed by atoms with Gasteiger partial charge in [0.25, 0.3) is 0 Å². The quantitative estimate of drug-likeness (QED) is 0.703. The summed E-state index contributed by atoms with van der Waals surface area (Å²) >= 11 is 1.95. The van der Waals surface area contributed by atoms with Crippen LogP contribution in [-0.2, 0) is 0 Å². The molecule has 2 nitrogen and oxygen atoms in total. The van der Waals surface area contributed by atoms with Gasteiger partial charge in [-0.05, 0) is 30.7 Å². The number of rotatable bonds is 2. The highest BCUT2D eigenvalue weighted by atomic mass is 32.2. The molecule has 0 saturated carbocycles. The summed E-state index contributed by atoms with van der Waals surface area (Å²) in [4.78, 5) is 1.36. The molecule has 0 aliphatic carbocycles. The van der Waals surface area contributed by atoms with Crippen LogP contribution in [0.15, 0.2) is 23.1 Å². The zero-order chi connectivity index (χ0) is 9.26. The van der Waals surface area contributed by atoms with Crippen molar-refractivity contribution in [3.05, 3.63) is 23.8 Å². The summed E-state index contributed by atoms with van der Waals surface area (Å²) in [7, 11) is 0. The Labute approximate surface area is 82.9 Å². The van der Waals surface area contributed by atoms with Gasteiger partial charge in [-0.15, -0.1) is 11.8 Å². The fraction of sp³-hybridized carbons (Fsp3) is 0.400. The molecule has 0 aromatic heterocycles. The average Bonchev–Trinajstić information content (AvgIpc) is 1.99. The molecule has 1 aliphatic heterocycles. The van der Waals surface area contributed by atoms with Crippen molar-refractivity contribution in [3.63, 3.8) is 0 Å². The molecule has 0 spiro atoms. The van der Waals surface area contributed by atoms with Crippen molar-refractivity contribution in [2.45, 2.75) is 17.1 Å². The Morgan fingerprint density at radius 1 is 1.46 bits per heavy atom. The molecule has 0 atom stereocenters. The van der Waals surface area contributed by atoms with Gasteiger partial charge in [0.2, 0.25) is 0 Å². The number of nitrogen functional groups attached to an aromatic ring is 1. The van der Waals surface area contributed by atoms with Crippen molar-refractivity contribution in [2.24, 2.45) is 0 Å². The third-order valence-electron chi connectivity index (χ3n) is 2.24. The highest BCUT2D eigenvalue weighted by Gasteiger charge is 2.18. The summed E-state index contributed by atoms with van der Waals surface area (Å²) in [5.74, 6) is 0. The Bertz CT molecular complexity index is 308. The van der Waals surface area contributed by atoms with Crippen LogP contribution >= 0.6 is 11.8 Å². The molecule has 3 N–H and O–H groups in total. The van der Waals surface area contributed by atoms with Gasteiger partial charge in [-0.2, -0.15) is 0 Å². The normalized spacial score (nSPS) is 17.0. The standard InChI is InChI=1S/C10H14N2S/c1-7-4-8(11)2-3-10(7)13-9-5-12-6-9/h2-4,9,12H,5-6,11H2,1H3. The molecule has 3 heteroatoms. The number of hydrogen-bond acceptors (Lipinski definition) is 3. The molecule has 1 fully saturated rings. The second-order valence-electron chi connectivity index (χ2n) is 3.42. The molecule has 1 aromatic carbocycles. The minimum atomic E-state index is 0.752. The maximum Gasteiger partial charge on any atom is 0.0344 e. The third kappa shape index (κ3) is 1.98. The van der Waals surface area contributed by atoms with Crippen molar-refractivity contribution >= 4 is 17.4 Å². The van der Waals surface area contributed by atoms with Gasteiger partial charge in [0.05, 0.1) is 0 Å². The Kier molecular flexibility index (Phi) is 2.47. The molecular formula is C10H14N2S. The van der Waals surface area contributed by atoms with Crippen LogP contribution in [0.3, 0.4) is 0 Å². The summed E-state index contributed by atoms with van der Waals surface area (Å²) in [6, 6.07) is 6.13. The second-order valence-corrected chi connectivity index (χ2v) is 4.77. The summed E-state index contributed by atoms with van der Waals surface area (Å²) in [5, 5.41) is 4.02. The molecule has 0 bridgehead atoms. The smallest absolute Gasteiger partial charge is 0.0344 e. The predicted octanol–water partition coefficient (Wildman–Crippen LogP) is 1.64. The maximum absolute atomic E-state index is 5.68. The summed E-state index contributed by atoms with van der Waals surface area (Å²) in [6.07, 6.45) is 0. The molecule has 70 valence electrons. The monoisotopic (exact) mass is 194 g/mol. The van der Waals surface area contributed by atoms with Crippen LogP contribution in [0.4, 0.5) is 5.69 Å². The van der Waals surface area contributed by atoms with E-state index >= 15 is 0 Å². The second kappa shape index (κ2) is 3.60. The van der Waals surface area contributed by atoms with E-state index in [2.05, 4.69) is 18.3 Å². The van der Waals surface area contributed by atoms with E-state index in [-0.39, 0.29) is 0 Å². The van der Waals surface area contributed by atoms with E-state index in [1.807, 2.05) is 23.9 Å². The van der Waals surface area contributed by atoms with Crippen LogP contribution in [0, 0.1) is 6.92 Å². The fourth-order valence-corrected chi connectivity index (χ4v) is 2.48. The van der Waals surface area contributed by atoms with E-state index < -0.39 is 0 Å². The molecule has 2 rings (SSSR count). The highest BCUT2D eigenvalue weighted by molar-refractivity contribution is 8.00. The van der Waals surface area contributed by atoms with Gasteiger partial charge in [-0.25, -0.2) is 0 Å². The molecule has 1 aliphatic rings. The number of nitrogens with one attached hydrogen (secondary N) is 1. The van der Waals surface area contributed by atoms with Gasteiger partial charge in [0.1, 0.15) is 0 Å². The minimum Gasteiger partial charge on any atom is -0.399 e. The van der Waals surface area contributed by atoms with Crippen molar-refractivity contribution < 1.29 is 0 Å². The Morgan fingerprint density at radius 2 is 2.23 bits per heavy atom. The number of thioether (sulfide) groups is 1. The molecule has 0 unspecified atom stereocenters.